The fourth-order valence-electron chi connectivity index (χ4n) is 7.39. The first-order chi connectivity index (χ1) is 26.6. The van der Waals surface area contributed by atoms with Crippen LogP contribution in [0.1, 0.15) is 23.7 Å². The van der Waals surface area contributed by atoms with Crippen molar-refractivity contribution in [3.63, 3.8) is 0 Å². The molecule has 0 saturated heterocycles. The normalized spacial score (nSPS) is 17.2. The third kappa shape index (κ3) is 6.34. The molecule has 262 valence electrons. The van der Waals surface area contributed by atoms with E-state index in [1.54, 1.807) is 0 Å². The van der Waals surface area contributed by atoms with Crippen LogP contribution in [0.5, 0.6) is 0 Å². The van der Waals surface area contributed by atoms with Gasteiger partial charge in [-0.25, -0.2) is 0 Å². The Kier molecular flexibility index (Phi) is 8.60. The molecule has 1 unspecified atom stereocenters. The van der Waals surface area contributed by atoms with E-state index in [2.05, 4.69) is 145 Å². The van der Waals surface area contributed by atoms with Crippen molar-refractivity contribution in [1.29, 1.82) is 0 Å². The molecule has 5 N–H and O–H groups in total. The number of hydrogen-bond acceptors (Lipinski definition) is 4. The Balaban J connectivity index is 1.19. The van der Waals surface area contributed by atoms with E-state index in [4.69, 9.17) is 5.73 Å². The second kappa shape index (κ2) is 14.2. The summed E-state index contributed by atoms with van der Waals surface area (Å²) in [5.41, 5.74) is 19.2. The number of aromatic amines is 1. The van der Waals surface area contributed by atoms with Crippen LogP contribution < -0.4 is 21.0 Å². The number of aromatic nitrogens is 2. The summed E-state index contributed by atoms with van der Waals surface area (Å²) in [7, 11) is 0. The van der Waals surface area contributed by atoms with Gasteiger partial charge >= 0.3 is 11.9 Å². The number of nitrogens with zero attached hydrogens (tertiary/aromatic N) is 3. The Bertz CT molecular complexity index is 2750. The lowest BCUT2D eigenvalue weighted by molar-refractivity contribution is 0.778. The van der Waals surface area contributed by atoms with Crippen LogP contribution in [-0.4, -0.2) is 46.8 Å². The molecule has 3 aliphatic heterocycles. The van der Waals surface area contributed by atoms with Gasteiger partial charge in [0.1, 0.15) is 0 Å². The minimum absolute atomic E-state index is 0.0357. The van der Waals surface area contributed by atoms with Gasteiger partial charge in [-0.1, -0.05) is 83.6 Å². The van der Waals surface area contributed by atoms with Crippen molar-refractivity contribution >= 4 is 67.6 Å². The second-order valence-electron chi connectivity index (χ2n) is 13.6. The average molecular weight is 703 g/mol. The maximum Gasteiger partial charge on any atom is 0.410 e. The minimum atomic E-state index is 0.0357. The minimum Gasteiger partial charge on any atom is -0.397 e. The molecule has 2 aromatic heterocycles. The molecule has 54 heavy (non-hydrogen) atoms. The molecule has 0 amide bonds. The van der Waals surface area contributed by atoms with E-state index in [1.165, 1.54) is 38.2 Å². The molecule has 0 fully saturated rings. The summed E-state index contributed by atoms with van der Waals surface area (Å²) in [5, 5.41) is 11.9. The molecular formula is C47H40N7+. The molecule has 5 heterocycles. The Labute approximate surface area is 314 Å². The van der Waals surface area contributed by atoms with Crippen molar-refractivity contribution in [2.45, 2.75) is 13.0 Å². The van der Waals surface area contributed by atoms with Gasteiger partial charge in [-0.3, -0.25) is 4.99 Å². The van der Waals surface area contributed by atoms with Gasteiger partial charge < -0.3 is 25.9 Å². The molecule has 0 spiro atoms. The van der Waals surface area contributed by atoms with Crippen LogP contribution in [0.15, 0.2) is 168 Å². The first kappa shape index (κ1) is 32.8. The third-order valence-electron chi connectivity index (χ3n) is 10.1. The summed E-state index contributed by atoms with van der Waals surface area (Å²) >= 11 is 0. The number of rotatable bonds is 10. The zero-order chi connectivity index (χ0) is 36.4. The van der Waals surface area contributed by atoms with Crippen LogP contribution >= 0.6 is 0 Å². The molecule has 0 radical (unpaired) electrons. The van der Waals surface area contributed by atoms with Crippen molar-refractivity contribution in [1.82, 2.24) is 24.9 Å². The van der Waals surface area contributed by atoms with E-state index in [0.29, 0.717) is 12.2 Å². The summed E-state index contributed by atoms with van der Waals surface area (Å²) in [6.45, 7) is 3.33. The number of aliphatic imine (C=N–C) groups is 1. The van der Waals surface area contributed by atoms with Crippen molar-refractivity contribution in [3.8, 4) is 5.69 Å². The maximum absolute atomic E-state index is 6.63. The number of benzene rings is 4. The Hall–Kier alpha value is -7.08. The molecule has 3 aliphatic rings. The van der Waals surface area contributed by atoms with Crippen LogP contribution in [0.25, 0.3) is 55.1 Å². The molecule has 7 heteroatoms. The van der Waals surface area contributed by atoms with Crippen LogP contribution in [0.4, 0.5) is 0 Å². The van der Waals surface area contributed by atoms with Crippen molar-refractivity contribution < 1.29 is 0 Å². The van der Waals surface area contributed by atoms with Crippen LogP contribution in [0, 0.1) is 0 Å². The Morgan fingerprint density at radius 3 is 2.63 bits per heavy atom. The number of nitrogens with one attached hydrogen (secondary N) is 3. The largest absolute Gasteiger partial charge is 0.410 e. The maximum atomic E-state index is 6.63. The van der Waals surface area contributed by atoms with Crippen LogP contribution in [0.3, 0.4) is 0 Å². The van der Waals surface area contributed by atoms with Gasteiger partial charge in [0.25, 0.3) is 0 Å². The highest BCUT2D eigenvalue weighted by Crippen LogP contribution is 2.39. The Morgan fingerprint density at radius 1 is 0.963 bits per heavy atom. The average Bonchev–Trinajstić information content (AvgIpc) is 3.82. The lowest BCUT2D eigenvalue weighted by Gasteiger charge is -2.23. The van der Waals surface area contributed by atoms with E-state index < -0.39 is 0 Å². The topological polar surface area (TPSA) is 97.3 Å². The molecule has 0 bridgehead atoms. The number of hydrogen-bond donors (Lipinski definition) is 4. The highest BCUT2D eigenvalue weighted by Gasteiger charge is 2.35. The van der Waals surface area contributed by atoms with E-state index in [-0.39, 0.29) is 6.04 Å². The van der Waals surface area contributed by atoms with E-state index in [9.17, 15) is 0 Å². The molecule has 6 aromatic rings. The number of allylic oxidation sites excluding steroid dienone is 8. The molecule has 9 rings (SSSR count). The highest BCUT2D eigenvalue weighted by molar-refractivity contribution is 6.42. The summed E-state index contributed by atoms with van der Waals surface area (Å²) in [5.74, 6) is 0. The zero-order valence-corrected chi connectivity index (χ0v) is 30.0. The SMILES string of the molecule is C/C=C\C=NC/C=C(\C=C(/N)c1ccc[nH]1)c1ccc2c3ccc4cc(C5=CC(C6=[N+]=C6)NC(C6=CC=CCN6)=C5)ccc4c3n(-c3ccccc3)c2c1. The molecule has 0 aliphatic carbocycles. The number of H-pyrrole nitrogens is 1. The van der Waals surface area contributed by atoms with E-state index >= 15 is 0 Å². The fourth-order valence-corrected chi connectivity index (χ4v) is 7.39. The van der Waals surface area contributed by atoms with Gasteiger partial charge in [0.15, 0.2) is 6.04 Å². The first-order valence-corrected chi connectivity index (χ1v) is 18.4. The van der Waals surface area contributed by atoms with Crippen molar-refractivity contribution in [3.05, 3.63) is 180 Å². The zero-order valence-electron chi connectivity index (χ0n) is 30.0. The number of nitrogens with two attached hydrogens (primary N) is 1. The number of para-hydroxylation sites is 1. The molecule has 4 aromatic carbocycles. The van der Waals surface area contributed by atoms with Crippen LogP contribution in [0.2, 0.25) is 0 Å². The molecular weight excluding hydrogens is 663 g/mol. The molecule has 0 saturated carbocycles. The lowest BCUT2D eigenvalue weighted by Crippen LogP contribution is -2.37. The van der Waals surface area contributed by atoms with Gasteiger partial charge in [0, 0.05) is 40.8 Å². The van der Waals surface area contributed by atoms with Gasteiger partial charge in [0.05, 0.1) is 40.4 Å². The fraction of sp³-hybridized carbons (Fsp3) is 0.0851. The van der Waals surface area contributed by atoms with Gasteiger partial charge in [-0.15, -0.1) is 0 Å². The Morgan fingerprint density at radius 2 is 1.83 bits per heavy atom. The lowest BCUT2D eigenvalue weighted by atomic mass is 9.94. The highest BCUT2D eigenvalue weighted by atomic mass is 15.0. The summed E-state index contributed by atoms with van der Waals surface area (Å²) in [4.78, 5) is 7.82. The first-order valence-electron chi connectivity index (χ1n) is 18.4. The van der Waals surface area contributed by atoms with Crippen LogP contribution in [-0.2, 0) is 0 Å². The monoisotopic (exact) mass is 702 g/mol. The number of fused-ring (bicyclic) bond motifs is 5. The van der Waals surface area contributed by atoms with Crippen molar-refractivity contribution in [2.75, 3.05) is 13.1 Å². The summed E-state index contributed by atoms with van der Waals surface area (Å²) in [6.07, 6.45) is 24.6. The van der Waals surface area contributed by atoms with E-state index in [0.717, 1.165) is 51.7 Å². The third-order valence-corrected chi connectivity index (χ3v) is 10.1. The predicted molar refractivity (Wildman–Crippen MR) is 229 cm³/mol. The van der Waals surface area contributed by atoms with Crippen molar-refractivity contribution in [2.24, 2.45) is 10.7 Å². The molecule has 1 atom stereocenters. The van der Waals surface area contributed by atoms with Gasteiger partial charge in [0.2, 0.25) is 0 Å². The predicted octanol–water partition coefficient (Wildman–Crippen LogP) is 8.17. The quantitative estimate of drug-likeness (QED) is 0.0659. The summed E-state index contributed by atoms with van der Waals surface area (Å²) in [6, 6.07) is 32.7. The summed E-state index contributed by atoms with van der Waals surface area (Å²) < 4.78 is 6.83. The van der Waals surface area contributed by atoms with Gasteiger partial charge in [-0.2, -0.15) is 0 Å². The second-order valence-corrected chi connectivity index (χ2v) is 13.6. The number of dihydropyridines is 2. The van der Waals surface area contributed by atoms with E-state index in [1.807, 2.05) is 55.9 Å². The smallest absolute Gasteiger partial charge is 0.397 e. The van der Waals surface area contributed by atoms with Gasteiger partial charge in [-0.05, 0) is 101 Å². The standard InChI is InChI=1S/C47H40N7/c1-2-3-21-49-24-20-33(26-40(48)41-13-9-23-50-41)32-15-18-38-39-19-16-34-25-31(14-17-37(34)47(39)54(46(38)29-32)36-10-5-4-6-11-36)35-27-43(42-12-7-8-22-51-42)53-44(28-35)45-30-52-45/h2-21,23,25-30,44,50-51,53H,22,24,48H2,1H3/q+1/b3-2-,33-20+,40-26-,49-21?. The molecule has 7 nitrogen and oxygen atoms in total.